The minimum absolute atomic E-state index is 0.0565. The molecular formula is C18H23N5O2S. The molecule has 2 atom stereocenters. The summed E-state index contributed by atoms with van der Waals surface area (Å²) in [4.78, 5) is 23.0. The second-order valence-corrected chi connectivity index (χ2v) is 7.90. The highest BCUT2D eigenvalue weighted by Gasteiger charge is 2.24. The van der Waals surface area contributed by atoms with Crippen LogP contribution in [0.1, 0.15) is 12.0 Å². The van der Waals surface area contributed by atoms with E-state index < -0.39 is 0 Å². The van der Waals surface area contributed by atoms with Gasteiger partial charge in [0.1, 0.15) is 5.65 Å². The molecule has 8 heteroatoms. The molecule has 0 aromatic carbocycles. The summed E-state index contributed by atoms with van der Waals surface area (Å²) in [6.45, 7) is 4.04. The van der Waals surface area contributed by atoms with Gasteiger partial charge in [0.05, 0.1) is 16.7 Å². The van der Waals surface area contributed by atoms with Crippen LogP contribution < -0.4 is 15.5 Å². The molecule has 2 aromatic heterocycles. The molecule has 7 nitrogen and oxygen atoms in total. The molecule has 0 bridgehead atoms. The number of anilines is 1. The van der Waals surface area contributed by atoms with Gasteiger partial charge in [0.25, 0.3) is 5.91 Å². The number of aromatic amines is 1. The molecule has 138 valence electrons. The maximum Gasteiger partial charge on any atom is 0.259 e. The lowest BCUT2D eigenvalue weighted by atomic mass is 10.2. The fraction of sp³-hybridized carbons (Fsp3) is 0.444. The van der Waals surface area contributed by atoms with Gasteiger partial charge in [-0.05, 0) is 25.0 Å². The van der Waals surface area contributed by atoms with Crippen molar-refractivity contribution in [2.75, 3.05) is 30.3 Å². The number of thioether (sulfide) groups is 1. The highest BCUT2D eigenvalue weighted by Crippen LogP contribution is 2.32. The van der Waals surface area contributed by atoms with Crippen LogP contribution in [-0.2, 0) is 4.79 Å². The smallest absolute Gasteiger partial charge is 0.259 e. The van der Waals surface area contributed by atoms with Crippen LogP contribution in [-0.4, -0.2) is 58.5 Å². The predicted octanol–water partition coefficient (Wildman–Crippen LogP) is 1.10. The van der Waals surface area contributed by atoms with Gasteiger partial charge in [-0.2, -0.15) is 0 Å². The van der Waals surface area contributed by atoms with Crippen molar-refractivity contribution in [1.82, 2.24) is 20.6 Å². The number of hydrogen-bond acceptors (Lipinski definition) is 6. The van der Waals surface area contributed by atoms with Crippen LogP contribution in [0.15, 0.2) is 29.6 Å². The Labute approximate surface area is 156 Å². The molecule has 0 aliphatic carbocycles. The van der Waals surface area contributed by atoms with Crippen molar-refractivity contribution in [3.8, 4) is 0 Å². The first-order chi connectivity index (χ1) is 12.6. The van der Waals surface area contributed by atoms with Crippen molar-refractivity contribution in [2.24, 2.45) is 0 Å². The second-order valence-electron chi connectivity index (χ2n) is 6.77. The monoisotopic (exact) mass is 373 g/mol. The number of aliphatic hydroxyl groups is 1. The molecular weight excluding hydrogens is 350 g/mol. The Bertz CT molecular complexity index is 849. The maximum absolute atomic E-state index is 12.6. The van der Waals surface area contributed by atoms with Crippen molar-refractivity contribution in [3.05, 3.63) is 35.1 Å². The average Bonchev–Trinajstić information content (AvgIpc) is 3.25. The SMILES string of the molecule is Cc1c[nH]c2nccc(N3C=C(C(=O)NC[C@H]4C[C@H](O)CN4)SCC3)c12. The zero-order chi connectivity index (χ0) is 18.1. The summed E-state index contributed by atoms with van der Waals surface area (Å²) in [6, 6.07) is 2.14. The first-order valence-electron chi connectivity index (χ1n) is 8.85. The van der Waals surface area contributed by atoms with Gasteiger partial charge in [-0.3, -0.25) is 4.79 Å². The van der Waals surface area contributed by atoms with Gasteiger partial charge >= 0.3 is 0 Å². The van der Waals surface area contributed by atoms with E-state index in [0.29, 0.717) is 24.4 Å². The van der Waals surface area contributed by atoms with Crippen LogP contribution in [0.2, 0.25) is 0 Å². The number of carbonyl (C=O) groups excluding carboxylic acids is 1. The summed E-state index contributed by atoms with van der Waals surface area (Å²) in [5.74, 6) is 0.798. The van der Waals surface area contributed by atoms with E-state index in [1.807, 2.05) is 18.5 Å². The molecule has 1 fully saturated rings. The Hall–Kier alpha value is -2.03. The number of aryl methyl sites for hydroxylation is 1. The molecule has 0 spiro atoms. The third-order valence-electron chi connectivity index (χ3n) is 4.85. The van der Waals surface area contributed by atoms with Gasteiger partial charge in [0.2, 0.25) is 0 Å². The number of β-amino-alcohol motifs (C(OH)–C–C–N with tert-alkyl or cyclic N) is 1. The van der Waals surface area contributed by atoms with Gasteiger partial charge in [-0.25, -0.2) is 4.98 Å². The normalized spacial score (nSPS) is 23.3. The van der Waals surface area contributed by atoms with E-state index in [1.54, 1.807) is 18.0 Å². The van der Waals surface area contributed by atoms with E-state index in [9.17, 15) is 9.90 Å². The first kappa shape index (κ1) is 17.4. The summed E-state index contributed by atoms with van der Waals surface area (Å²) in [6.07, 6.45) is 6.05. The fourth-order valence-electron chi connectivity index (χ4n) is 3.51. The van der Waals surface area contributed by atoms with Gasteiger partial charge in [0, 0.05) is 55.4 Å². The van der Waals surface area contributed by atoms with Gasteiger partial charge in [-0.1, -0.05) is 0 Å². The molecule has 2 aromatic rings. The third kappa shape index (κ3) is 3.44. The van der Waals surface area contributed by atoms with Crippen molar-refractivity contribution in [1.29, 1.82) is 0 Å². The number of pyridine rings is 1. The summed E-state index contributed by atoms with van der Waals surface area (Å²) >= 11 is 1.58. The number of nitrogens with zero attached hydrogens (tertiary/aromatic N) is 2. The van der Waals surface area contributed by atoms with Crippen LogP contribution >= 0.6 is 11.8 Å². The number of amides is 1. The van der Waals surface area contributed by atoms with E-state index in [2.05, 4.69) is 32.4 Å². The predicted molar refractivity (Wildman–Crippen MR) is 104 cm³/mol. The molecule has 4 N–H and O–H groups in total. The number of aromatic nitrogens is 2. The Balaban J connectivity index is 1.50. The van der Waals surface area contributed by atoms with Crippen molar-refractivity contribution in [2.45, 2.75) is 25.5 Å². The number of rotatable bonds is 4. The molecule has 26 heavy (non-hydrogen) atoms. The highest BCUT2D eigenvalue weighted by atomic mass is 32.2. The number of carbonyl (C=O) groups is 1. The zero-order valence-corrected chi connectivity index (χ0v) is 15.5. The summed E-state index contributed by atoms with van der Waals surface area (Å²) in [5, 5.41) is 16.9. The first-order valence-corrected chi connectivity index (χ1v) is 9.84. The topological polar surface area (TPSA) is 93.3 Å². The Kier molecular flexibility index (Phi) is 4.88. The van der Waals surface area contributed by atoms with Gasteiger partial charge in [0.15, 0.2) is 0 Å². The molecule has 2 aliphatic rings. The molecule has 2 aliphatic heterocycles. The summed E-state index contributed by atoms with van der Waals surface area (Å²) in [7, 11) is 0. The van der Waals surface area contributed by atoms with E-state index in [0.717, 1.165) is 34.6 Å². The lowest BCUT2D eigenvalue weighted by Crippen LogP contribution is -2.38. The maximum atomic E-state index is 12.6. The van der Waals surface area contributed by atoms with Crippen LogP contribution in [0.3, 0.4) is 0 Å². The number of H-pyrrole nitrogens is 1. The molecule has 0 radical (unpaired) electrons. The third-order valence-corrected chi connectivity index (χ3v) is 5.84. The van der Waals surface area contributed by atoms with Crippen molar-refractivity contribution < 1.29 is 9.90 Å². The number of nitrogens with one attached hydrogen (secondary N) is 3. The highest BCUT2D eigenvalue weighted by molar-refractivity contribution is 8.04. The number of aliphatic hydroxyl groups excluding tert-OH is 1. The lowest BCUT2D eigenvalue weighted by molar-refractivity contribution is -0.116. The molecule has 1 saturated heterocycles. The van der Waals surface area contributed by atoms with Crippen LogP contribution in [0, 0.1) is 6.92 Å². The lowest BCUT2D eigenvalue weighted by Gasteiger charge is -2.27. The van der Waals surface area contributed by atoms with Gasteiger partial charge < -0.3 is 25.6 Å². The minimum atomic E-state index is -0.311. The van der Waals surface area contributed by atoms with Crippen molar-refractivity contribution in [3.63, 3.8) is 0 Å². The Morgan fingerprint density at radius 2 is 2.42 bits per heavy atom. The van der Waals surface area contributed by atoms with Crippen LogP contribution in [0.25, 0.3) is 11.0 Å². The molecule has 0 saturated carbocycles. The molecule has 1 amide bonds. The van der Waals surface area contributed by atoms with Crippen molar-refractivity contribution >= 4 is 34.4 Å². The zero-order valence-electron chi connectivity index (χ0n) is 14.7. The van der Waals surface area contributed by atoms with E-state index in [-0.39, 0.29) is 18.1 Å². The van der Waals surface area contributed by atoms with E-state index >= 15 is 0 Å². The Morgan fingerprint density at radius 1 is 1.54 bits per heavy atom. The van der Waals surface area contributed by atoms with Gasteiger partial charge in [-0.15, -0.1) is 11.8 Å². The fourth-order valence-corrected chi connectivity index (χ4v) is 4.42. The molecule has 4 heterocycles. The van der Waals surface area contributed by atoms with Crippen LogP contribution in [0.5, 0.6) is 0 Å². The molecule has 4 rings (SSSR count). The van der Waals surface area contributed by atoms with Crippen LogP contribution in [0.4, 0.5) is 5.69 Å². The summed E-state index contributed by atoms with van der Waals surface area (Å²) < 4.78 is 0. The van der Waals surface area contributed by atoms with E-state index in [1.165, 1.54) is 0 Å². The minimum Gasteiger partial charge on any atom is -0.392 e. The average molecular weight is 373 g/mol. The number of hydrogen-bond donors (Lipinski definition) is 4. The Morgan fingerprint density at radius 3 is 3.23 bits per heavy atom. The number of fused-ring (bicyclic) bond motifs is 1. The molecule has 0 unspecified atom stereocenters. The second kappa shape index (κ2) is 7.30. The van der Waals surface area contributed by atoms with E-state index in [4.69, 9.17) is 0 Å². The quantitative estimate of drug-likeness (QED) is 0.642. The standard InChI is InChI=1S/C18H23N5O2S/c1-11-7-21-17-16(11)14(2-3-19-17)23-4-5-26-15(10-23)18(25)22-8-12-6-13(24)9-20-12/h2-3,7,10,12-13,20,24H,4-6,8-9H2,1H3,(H,19,21)(H,22,25)/t12-,13+/m1/s1. The summed E-state index contributed by atoms with van der Waals surface area (Å²) in [5.41, 5.74) is 3.08. The largest absolute Gasteiger partial charge is 0.392 e.